The number of pyridine rings is 1. The van der Waals surface area contributed by atoms with E-state index < -0.39 is 0 Å². The van der Waals surface area contributed by atoms with Crippen molar-refractivity contribution in [3.05, 3.63) is 30.1 Å². The molecule has 130 valence electrons. The molecule has 0 radical (unpaired) electrons. The molecule has 0 N–H and O–H groups in total. The van der Waals surface area contributed by atoms with Gasteiger partial charge in [0.05, 0.1) is 26.4 Å². The molecule has 0 unspecified atom stereocenters. The van der Waals surface area contributed by atoms with Crippen LogP contribution in [0.25, 0.3) is 0 Å². The molecule has 3 aliphatic heterocycles. The third-order valence-electron chi connectivity index (χ3n) is 5.58. The molecule has 0 spiro atoms. The van der Waals surface area contributed by atoms with Crippen LogP contribution in [0.3, 0.4) is 0 Å². The lowest BCUT2D eigenvalue weighted by Crippen LogP contribution is -2.43. The average Bonchev–Trinajstić information content (AvgIpc) is 3.31. The molecule has 2 atom stereocenters. The van der Waals surface area contributed by atoms with E-state index in [-0.39, 0.29) is 11.4 Å². The fourth-order valence-electron chi connectivity index (χ4n) is 4.14. The first kappa shape index (κ1) is 15.8. The second kappa shape index (κ2) is 6.69. The fraction of sp³-hybridized carbons (Fsp3) is 0.667. The van der Waals surface area contributed by atoms with Crippen molar-refractivity contribution in [2.45, 2.75) is 19.4 Å². The van der Waals surface area contributed by atoms with Crippen molar-refractivity contribution in [2.24, 2.45) is 11.3 Å². The van der Waals surface area contributed by atoms with Crippen molar-refractivity contribution < 1.29 is 14.3 Å². The normalized spacial score (nSPS) is 29.2. The number of amides is 2. The molecule has 0 bridgehead atoms. The predicted octanol–water partition coefficient (Wildman–Crippen LogP) is 1.76. The van der Waals surface area contributed by atoms with Crippen LogP contribution in [0.2, 0.25) is 0 Å². The minimum atomic E-state index is -0.0393. The fourth-order valence-corrected chi connectivity index (χ4v) is 4.14. The first-order chi connectivity index (χ1) is 11.8. The largest absolute Gasteiger partial charge is 0.380 e. The van der Waals surface area contributed by atoms with Gasteiger partial charge >= 0.3 is 6.03 Å². The van der Waals surface area contributed by atoms with Gasteiger partial charge < -0.3 is 19.3 Å². The van der Waals surface area contributed by atoms with Gasteiger partial charge in [0.1, 0.15) is 0 Å². The van der Waals surface area contributed by atoms with Crippen LogP contribution in [0.1, 0.15) is 18.4 Å². The highest BCUT2D eigenvalue weighted by molar-refractivity contribution is 5.75. The Morgan fingerprint density at radius 1 is 1.29 bits per heavy atom. The highest BCUT2D eigenvalue weighted by Crippen LogP contribution is 2.42. The molecule has 1 aromatic rings. The van der Waals surface area contributed by atoms with Crippen LogP contribution in [-0.2, 0) is 16.1 Å². The van der Waals surface area contributed by atoms with Gasteiger partial charge in [-0.3, -0.25) is 4.98 Å². The van der Waals surface area contributed by atoms with Gasteiger partial charge in [-0.2, -0.15) is 0 Å². The van der Waals surface area contributed by atoms with E-state index in [9.17, 15) is 4.79 Å². The van der Waals surface area contributed by atoms with Crippen molar-refractivity contribution in [1.82, 2.24) is 14.8 Å². The van der Waals surface area contributed by atoms with Crippen molar-refractivity contribution >= 4 is 6.03 Å². The Labute approximate surface area is 142 Å². The van der Waals surface area contributed by atoms with E-state index in [1.807, 2.05) is 21.9 Å². The number of likely N-dealkylation sites (tertiary alicyclic amines) is 2. The summed E-state index contributed by atoms with van der Waals surface area (Å²) >= 11 is 0. The van der Waals surface area contributed by atoms with E-state index >= 15 is 0 Å². The summed E-state index contributed by atoms with van der Waals surface area (Å²) in [6.07, 6.45) is 5.83. The maximum Gasteiger partial charge on any atom is 0.320 e. The van der Waals surface area contributed by atoms with Gasteiger partial charge in [0, 0.05) is 49.9 Å². The van der Waals surface area contributed by atoms with Crippen molar-refractivity contribution in [1.29, 1.82) is 0 Å². The quantitative estimate of drug-likeness (QED) is 0.844. The summed E-state index contributed by atoms with van der Waals surface area (Å²) in [6, 6.07) is 4.14. The molecule has 6 heteroatoms. The lowest BCUT2D eigenvalue weighted by Gasteiger charge is -2.28. The van der Waals surface area contributed by atoms with E-state index in [0.717, 1.165) is 51.2 Å². The second-order valence-electron chi connectivity index (χ2n) is 7.28. The van der Waals surface area contributed by atoms with Crippen LogP contribution in [-0.4, -0.2) is 66.8 Å². The summed E-state index contributed by atoms with van der Waals surface area (Å²) < 4.78 is 11.7. The smallest absolute Gasteiger partial charge is 0.320 e. The molecule has 3 fully saturated rings. The maximum absolute atomic E-state index is 12.7. The predicted molar refractivity (Wildman–Crippen MR) is 88.4 cm³/mol. The summed E-state index contributed by atoms with van der Waals surface area (Å²) in [4.78, 5) is 20.7. The van der Waals surface area contributed by atoms with E-state index in [0.29, 0.717) is 25.7 Å². The SMILES string of the molecule is O=C(N1CCCC1)N1C[C@@H]2COC[C@]2(COCc2ccncc2)C1. The zero-order valence-electron chi connectivity index (χ0n) is 14.0. The Morgan fingerprint density at radius 3 is 2.88 bits per heavy atom. The molecule has 0 aliphatic carbocycles. The Balaban J connectivity index is 1.36. The number of rotatable bonds is 4. The monoisotopic (exact) mass is 331 g/mol. The standard InChI is InChI=1S/C18H25N3O3/c22-17(20-7-1-2-8-20)21-9-16-11-24-14-18(16,12-21)13-23-10-15-3-5-19-6-4-15/h3-6,16H,1-2,7-14H2/t16-,18-/m1/s1. The molecule has 1 aromatic heterocycles. The molecule has 3 aliphatic rings. The second-order valence-corrected chi connectivity index (χ2v) is 7.28. The maximum atomic E-state index is 12.7. The zero-order valence-corrected chi connectivity index (χ0v) is 14.0. The molecule has 6 nitrogen and oxygen atoms in total. The molecular formula is C18H25N3O3. The Kier molecular flexibility index (Phi) is 4.41. The van der Waals surface area contributed by atoms with E-state index in [1.54, 1.807) is 12.4 Å². The van der Waals surface area contributed by atoms with E-state index in [2.05, 4.69) is 4.98 Å². The molecule has 0 saturated carbocycles. The number of aromatic nitrogens is 1. The summed E-state index contributed by atoms with van der Waals surface area (Å²) in [5.74, 6) is 0.390. The van der Waals surface area contributed by atoms with Gasteiger partial charge in [0.25, 0.3) is 0 Å². The zero-order chi connectivity index (χ0) is 16.4. The number of urea groups is 1. The molecule has 24 heavy (non-hydrogen) atoms. The number of hydrogen-bond acceptors (Lipinski definition) is 4. The van der Waals surface area contributed by atoms with Gasteiger partial charge in [0.2, 0.25) is 0 Å². The number of carbonyl (C=O) groups excluding carboxylic acids is 1. The van der Waals surface area contributed by atoms with E-state index in [1.165, 1.54) is 0 Å². The molecule has 3 saturated heterocycles. The van der Waals surface area contributed by atoms with Gasteiger partial charge in [-0.1, -0.05) is 0 Å². The summed E-state index contributed by atoms with van der Waals surface area (Å²) in [5, 5.41) is 0. The first-order valence-electron chi connectivity index (χ1n) is 8.85. The van der Waals surface area contributed by atoms with Gasteiger partial charge in [-0.05, 0) is 30.5 Å². The van der Waals surface area contributed by atoms with Gasteiger partial charge in [-0.15, -0.1) is 0 Å². The lowest BCUT2D eigenvalue weighted by molar-refractivity contribution is 0.0200. The minimum absolute atomic E-state index is 0.0393. The molecule has 4 rings (SSSR count). The van der Waals surface area contributed by atoms with Crippen molar-refractivity contribution in [3.8, 4) is 0 Å². The summed E-state index contributed by atoms with van der Waals surface area (Å²) in [7, 11) is 0. The summed E-state index contributed by atoms with van der Waals surface area (Å²) in [6.45, 7) is 6.02. The van der Waals surface area contributed by atoms with Crippen LogP contribution in [0.5, 0.6) is 0 Å². The molecular weight excluding hydrogens is 306 g/mol. The molecule has 0 aromatic carbocycles. The highest BCUT2D eigenvalue weighted by Gasteiger charge is 2.52. The van der Waals surface area contributed by atoms with Crippen LogP contribution in [0.4, 0.5) is 4.79 Å². The third-order valence-corrected chi connectivity index (χ3v) is 5.58. The Bertz CT molecular complexity index is 576. The number of hydrogen-bond donors (Lipinski definition) is 0. The van der Waals surface area contributed by atoms with E-state index in [4.69, 9.17) is 9.47 Å². The molecule has 4 heterocycles. The van der Waals surface area contributed by atoms with Gasteiger partial charge in [0.15, 0.2) is 0 Å². The van der Waals surface area contributed by atoms with Crippen LogP contribution < -0.4 is 0 Å². The minimum Gasteiger partial charge on any atom is -0.380 e. The molecule has 2 amide bonds. The van der Waals surface area contributed by atoms with Crippen LogP contribution >= 0.6 is 0 Å². The number of ether oxygens (including phenoxy) is 2. The van der Waals surface area contributed by atoms with Gasteiger partial charge in [-0.25, -0.2) is 4.79 Å². The summed E-state index contributed by atoms with van der Waals surface area (Å²) in [5.41, 5.74) is 1.09. The van der Waals surface area contributed by atoms with Crippen LogP contribution in [0.15, 0.2) is 24.5 Å². The van der Waals surface area contributed by atoms with Crippen molar-refractivity contribution in [3.63, 3.8) is 0 Å². The first-order valence-corrected chi connectivity index (χ1v) is 8.85. The Morgan fingerprint density at radius 2 is 2.08 bits per heavy atom. The number of fused-ring (bicyclic) bond motifs is 1. The third kappa shape index (κ3) is 3.00. The topological polar surface area (TPSA) is 54.9 Å². The van der Waals surface area contributed by atoms with Crippen LogP contribution in [0, 0.1) is 11.3 Å². The van der Waals surface area contributed by atoms with Crippen molar-refractivity contribution in [2.75, 3.05) is 46.0 Å². The Hall–Kier alpha value is -1.66. The highest BCUT2D eigenvalue weighted by atomic mass is 16.5. The average molecular weight is 331 g/mol. The number of carbonyl (C=O) groups is 1. The lowest BCUT2D eigenvalue weighted by atomic mass is 9.82. The number of nitrogens with zero attached hydrogens (tertiary/aromatic N) is 3.